The van der Waals surface area contributed by atoms with E-state index in [0.29, 0.717) is 30.6 Å². The molecule has 3 nitrogen and oxygen atoms in total. The lowest BCUT2D eigenvalue weighted by Gasteiger charge is -2.21. The zero-order valence-corrected chi connectivity index (χ0v) is 15.8. The van der Waals surface area contributed by atoms with Crippen molar-refractivity contribution in [1.82, 2.24) is 0 Å². The van der Waals surface area contributed by atoms with Gasteiger partial charge in [-0.1, -0.05) is 20.8 Å². The van der Waals surface area contributed by atoms with Gasteiger partial charge in [-0.2, -0.15) is 0 Å². The highest BCUT2D eigenvalue weighted by atomic mass is 16.5. The molecule has 0 unspecified atom stereocenters. The molecule has 0 aliphatic carbocycles. The number of hydrogen-bond acceptors (Lipinski definition) is 3. The van der Waals surface area contributed by atoms with Gasteiger partial charge < -0.3 is 14.6 Å². The van der Waals surface area contributed by atoms with Crippen LogP contribution in [0.25, 0.3) is 0 Å². The maximum Gasteiger partial charge on any atom is 0.130 e. The first kappa shape index (κ1) is 19.5. The van der Waals surface area contributed by atoms with Gasteiger partial charge in [0.2, 0.25) is 0 Å². The van der Waals surface area contributed by atoms with Crippen LogP contribution in [0.15, 0.2) is 0 Å². The van der Waals surface area contributed by atoms with E-state index in [2.05, 4.69) is 20.8 Å². The molecule has 23 heavy (non-hydrogen) atoms. The Morgan fingerprint density at radius 1 is 1.09 bits per heavy atom. The van der Waals surface area contributed by atoms with Crippen molar-refractivity contribution in [3.05, 3.63) is 22.3 Å². The van der Waals surface area contributed by atoms with Crippen molar-refractivity contribution in [3.63, 3.8) is 0 Å². The number of carbonyl (C=O) groups is 1. The molecule has 130 valence electrons. The first-order valence-electron chi connectivity index (χ1n) is 8.48. The molecule has 0 amide bonds. The van der Waals surface area contributed by atoms with Crippen molar-refractivity contribution < 1.29 is 14.6 Å². The number of phenols is 1. The maximum absolute atomic E-state index is 11.3. The lowest BCUT2D eigenvalue weighted by atomic mass is 9.91. The van der Waals surface area contributed by atoms with Gasteiger partial charge in [0.25, 0.3) is 0 Å². The van der Waals surface area contributed by atoms with Gasteiger partial charge in [0.05, 0.1) is 6.61 Å². The third-order valence-electron chi connectivity index (χ3n) is 4.38. The fourth-order valence-corrected chi connectivity index (χ4v) is 2.74. The predicted octanol–water partition coefficient (Wildman–Crippen LogP) is 5.04. The van der Waals surface area contributed by atoms with Crippen LogP contribution in [0.5, 0.6) is 11.5 Å². The number of carbonyl (C=O) groups excluding carboxylic acids is 1. The number of rotatable bonds is 7. The van der Waals surface area contributed by atoms with E-state index in [4.69, 9.17) is 4.74 Å². The third kappa shape index (κ3) is 5.56. The van der Waals surface area contributed by atoms with Gasteiger partial charge >= 0.3 is 0 Å². The Morgan fingerprint density at radius 3 is 2.22 bits per heavy atom. The summed E-state index contributed by atoms with van der Waals surface area (Å²) in [6.45, 7) is 14.7. The summed E-state index contributed by atoms with van der Waals surface area (Å²) in [5.74, 6) is 1.33. The van der Waals surface area contributed by atoms with Crippen molar-refractivity contribution in [3.8, 4) is 11.5 Å². The number of ether oxygens (including phenoxy) is 1. The second-order valence-electron chi connectivity index (χ2n) is 7.75. The molecule has 0 bridgehead atoms. The molecule has 0 aliphatic heterocycles. The first-order chi connectivity index (χ1) is 10.5. The molecule has 0 atom stereocenters. The summed E-state index contributed by atoms with van der Waals surface area (Å²) in [7, 11) is 0. The standard InChI is InChI=1S/C20H32O3/c1-13(21)9-10-17-16(4)18(22)14(2)15(3)19(17)23-12-8-11-20(5,6)7/h22H,8-12H2,1-7H3. The van der Waals surface area contributed by atoms with Crippen molar-refractivity contribution in [2.45, 2.75) is 74.1 Å². The molecule has 0 aromatic heterocycles. The van der Waals surface area contributed by atoms with E-state index in [-0.39, 0.29) is 5.78 Å². The van der Waals surface area contributed by atoms with Gasteiger partial charge in [-0.25, -0.2) is 0 Å². The molecule has 0 spiro atoms. The number of Topliss-reactive ketones (excluding diaryl/α,β-unsaturated/α-hetero) is 1. The van der Waals surface area contributed by atoms with Gasteiger partial charge in [-0.3, -0.25) is 0 Å². The van der Waals surface area contributed by atoms with E-state index in [0.717, 1.165) is 40.8 Å². The molecule has 1 aromatic carbocycles. The molecule has 0 saturated carbocycles. The van der Waals surface area contributed by atoms with Crippen molar-refractivity contribution >= 4 is 5.78 Å². The highest BCUT2D eigenvalue weighted by molar-refractivity contribution is 5.76. The molecule has 0 fully saturated rings. The minimum absolute atomic E-state index is 0.154. The minimum atomic E-state index is 0.154. The van der Waals surface area contributed by atoms with Crippen LogP contribution in [0.2, 0.25) is 0 Å². The fourth-order valence-electron chi connectivity index (χ4n) is 2.74. The Labute approximate surface area is 141 Å². The van der Waals surface area contributed by atoms with Crippen LogP contribution in [0, 0.1) is 26.2 Å². The molecule has 0 saturated heterocycles. The number of phenolic OH excluding ortho intramolecular Hbond substituents is 1. The topological polar surface area (TPSA) is 46.5 Å². The van der Waals surface area contributed by atoms with Crippen LogP contribution in [0.1, 0.15) is 69.2 Å². The lowest BCUT2D eigenvalue weighted by Crippen LogP contribution is -2.10. The number of ketones is 1. The second kappa shape index (κ2) is 7.85. The highest BCUT2D eigenvalue weighted by Gasteiger charge is 2.19. The summed E-state index contributed by atoms with van der Waals surface area (Å²) >= 11 is 0. The molecule has 1 rings (SSSR count). The molecule has 0 heterocycles. The Bertz CT molecular complexity index is 565. The third-order valence-corrected chi connectivity index (χ3v) is 4.38. The summed E-state index contributed by atoms with van der Waals surface area (Å²) in [6.07, 6.45) is 3.19. The Balaban J connectivity index is 3.00. The van der Waals surface area contributed by atoms with Gasteiger partial charge in [-0.15, -0.1) is 0 Å². The summed E-state index contributed by atoms with van der Waals surface area (Å²) < 4.78 is 6.09. The van der Waals surface area contributed by atoms with E-state index >= 15 is 0 Å². The first-order valence-corrected chi connectivity index (χ1v) is 8.48. The van der Waals surface area contributed by atoms with Crippen LogP contribution >= 0.6 is 0 Å². The van der Waals surface area contributed by atoms with E-state index in [1.54, 1.807) is 6.92 Å². The Kier molecular flexibility index (Phi) is 6.67. The summed E-state index contributed by atoms with van der Waals surface area (Å²) in [6, 6.07) is 0. The van der Waals surface area contributed by atoms with Gasteiger partial charge in [0, 0.05) is 12.0 Å². The zero-order chi connectivity index (χ0) is 17.8. The SMILES string of the molecule is CC(=O)CCc1c(C)c(O)c(C)c(C)c1OCCCC(C)(C)C. The molecule has 1 N–H and O–H groups in total. The van der Waals surface area contributed by atoms with Gasteiger partial charge in [-0.05, 0) is 69.1 Å². The van der Waals surface area contributed by atoms with Crippen molar-refractivity contribution in [2.75, 3.05) is 6.61 Å². The summed E-state index contributed by atoms with van der Waals surface area (Å²) in [5, 5.41) is 10.3. The van der Waals surface area contributed by atoms with Gasteiger partial charge in [0.15, 0.2) is 0 Å². The van der Waals surface area contributed by atoms with E-state index in [9.17, 15) is 9.90 Å². The van der Waals surface area contributed by atoms with E-state index in [1.807, 2.05) is 20.8 Å². The summed E-state index contributed by atoms with van der Waals surface area (Å²) in [4.78, 5) is 11.3. The average molecular weight is 320 g/mol. The quantitative estimate of drug-likeness (QED) is 0.716. The molecule has 0 aliphatic rings. The normalized spacial score (nSPS) is 11.6. The zero-order valence-electron chi connectivity index (χ0n) is 15.8. The van der Waals surface area contributed by atoms with E-state index < -0.39 is 0 Å². The number of aromatic hydroxyl groups is 1. The molecular weight excluding hydrogens is 288 g/mol. The Morgan fingerprint density at radius 2 is 1.70 bits per heavy atom. The van der Waals surface area contributed by atoms with Crippen molar-refractivity contribution in [1.29, 1.82) is 0 Å². The monoisotopic (exact) mass is 320 g/mol. The molecule has 1 aromatic rings. The minimum Gasteiger partial charge on any atom is -0.507 e. The van der Waals surface area contributed by atoms with Crippen LogP contribution < -0.4 is 4.74 Å². The summed E-state index contributed by atoms with van der Waals surface area (Å²) in [5.41, 5.74) is 3.94. The predicted molar refractivity (Wildman–Crippen MR) is 95.5 cm³/mol. The van der Waals surface area contributed by atoms with Crippen LogP contribution in [-0.2, 0) is 11.2 Å². The maximum atomic E-state index is 11.3. The van der Waals surface area contributed by atoms with Crippen LogP contribution in [0.3, 0.4) is 0 Å². The second-order valence-corrected chi connectivity index (χ2v) is 7.75. The molecule has 3 heteroatoms. The molecular formula is C20H32O3. The lowest BCUT2D eigenvalue weighted by molar-refractivity contribution is -0.116. The smallest absolute Gasteiger partial charge is 0.130 e. The van der Waals surface area contributed by atoms with Crippen LogP contribution in [0.4, 0.5) is 0 Å². The van der Waals surface area contributed by atoms with E-state index in [1.165, 1.54) is 0 Å². The van der Waals surface area contributed by atoms with Crippen LogP contribution in [-0.4, -0.2) is 17.5 Å². The fraction of sp³-hybridized carbons (Fsp3) is 0.650. The average Bonchev–Trinajstić information content (AvgIpc) is 2.44. The Hall–Kier alpha value is -1.51. The molecule has 0 radical (unpaired) electrons. The van der Waals surface area contributed by atoms with Gasteiger partial charge in [0.1, 0.15) is 17.3 Å². The van der Waals surface area contributed by atoms with Crippen molar-refractivity contribution in [2.24, 2.45) is 5.41 Å². The number of benzene rings is 1. The number of hydrogen-bond donors (Lipinski definition) is 1. The largest absolute Gasteiger partial charge is 0.507 e. The highest BCUT2D eigenvalue weighted by Crippen LogP contribution is 2.38.